The fourth-order valence-electron chi connectivity index (χ4n) is 2.41. The highest BCUT2D eigenvalue weighted by Crippen LogP contribution is 2.18. The van der Waals surface area contributed by atoms with Crippen LogP contribution >= 0.6 is 0 Å². The molecule has 2 rings (SSSR count). The Labute approximate surface area is 114 Å². The van der Waals surface area contributed by atoms with Crippen LogP contribution in [0.4, 0.5) is 4.39 Å². The van der Waals surface area contributed by atoms with Gasteiger partial charge in [0.1, 0.15) is 0 Å². The van der Waals surface area contributed by atoms with Crippen LogP contribution in [0.1, 0.15) is 25.3 Å². The molecule has 1 aliphatic heterocycles. The maximum absolute atomic E-state index is 13.6. The molecule has 3 nitrogen and oxygen atoms in total. The van der Waals surface area contributed by atoms with Crippen LogP contribution in [0.25, 0.3) is 0 Å². The molecule has 1 aromatic rings. The molecule has 0 spiro atoms. The molecule has 106 valence electrons. The summed E-state index contributed by atoms with van der Waals surface area (Å²) in [6.45, 7) is 5.36. The molecule has 0 aromatic heterocycles. The first kappa shape index (κ1) is 14.3. The maximum atomic E-state index is 13.6. The molecule has 2 N–H and O–H groups in total. The number of benzene rings is 1. The molecule has 0 saturated carbocycles. The van der Waals surface area contributed by atoms with Gasteiger partial charge in [-0.05, 0) is 57.0 Å². The van der Waals surface area contributed by atoms with Crippen LogP contribution in [-0.2, 0) is 6.42 Å². The SMILES string of the molecule is CCOc1ccc(CCNCC2CCCN2)cc1F. The van der Waals surface area contributed by atoms with E-state index in [1.165, 1.54) is 12.8 Å². The summed E-state index contributed by atoms with van der Waals surface area (Å²) >= 11 is 0. The summed E-state index contributed by atoms with van der Waals surface area (Å²) in [4.78, 5) is 0. The molecule has 1 fully saturated rings. The second-order valence-corrected chi connectivity index (χ2v) is 4.95. The van der Waals surface area contributed by atoms with Crippen LogP contribution in [0.15, 0.2) is 18.2 Å². The smallest absolute Gasteiger partial charge is 0.165 e. The first-order chi connectivity index (χ1) is 9.29. The summed E-state index contributed by atoms with van der Waals surface area (Å²) in [5, 5.41) is 6.87. The lowest BCUT2D eigenvalue weighted by atomic mass is 10.1. The van der Waals surface area contributed by atoms with Crippen molar-refractivity contribution in [3.8, 4) is 5.75 Å². The minimum absolute atomic E-state index is 0.267. The molecule has 4 heteroatoms. The lowest BCUT2D eigenvalue weighted by Gasteiger charge is -2.11. The fourth-order valence-corrected chi connectivity index (χ4v) is 2.41. The zero-order valence-corrected chi connectivity index (χ0v) is 11.5. The van der Waals surface area contributed by atoms with Gasteiger partial charge in [-0.3, -0.25) is 0 Å². The third kappa shape index (κ3) is 4.48. The molecule has 1 saturated heterocycles. The number of halogens is 1. The quantitative estimate of drug-likeness (QED) is 0.742. The van der Waals surface area contributed by atoms with Gasteiger partial charge >= 0.3 is 0 Å². The number of rotatable bonds is 7. The van der Waals surface area contributed by atoms with Gasteiger partial charge in [0, 0.05) is 12.6 Å². The Kier molecular flexibility index (Phi) is 5.61. The minimum atomic E-state index is -0.267. The topological polar surface area (TPSA) is 33.3 Å². The summed E-state index contributed by atoms with van der Waals surface area (Å²) in [6.07, 6.45) is 3.37. The average Bonchev–Trinajstić information content (AvgIpc) is 2.91. The highest BCUT2D eigenvalue weighted by Gasteiger charge is 2.12. The number of nitrogens with one attached hydrogen (secondary N) is 2. The third-order valence-electron chi connectivity index (χ3n) is 3.44. The second kappa shape index (κ2) is 7.46. The van der Waals surface area contributed by atoms with Crippen molar-refractivity contribution in [1.82, 2.24) is 10.6 Å². The van der Waals surface area contributed by atoms with Crippen molar-refractivity contribution in [2.24, 2.45) is 0 Å². The Bertz CT molecular complexity index is 392. The zero-order chi connectivity index (χ0) is 13.5. The predicted octanol–water partition coefficient (Wildman–Crippen LogP) is 2.11. The highest BCUT2D eigenvalue weighted by molar-refractivity contribution is 5.29. The number of hydrogen-bond donors (Lipinski definition) is 2. The van der Waals surface area contributed by atoms with Crippen molar-refractivity contribution < 1.29 is 9.13 Å². The van der Waals surface area contributed by atoms with E-state index in [4.69, 9.17) is 4.74 Å². The van der Waals surface area contributed by atoms with Gasteiger partial charge in [-0.1, -0.05) is 6.07 Å². The molecule has 0 radical (unpaired) electrons. The Morgan fingerprint density at radius 2 is 2.37 bits per heavy atom. The van der Waals surface area contributed by atoms with Crippen LogP contribution in [0.5, 0.6) is 5.75 Å². The largest absolute Gasteiger partial charge is 0.491 e. The lowest BCUT2D eigenvalue weighted by molar-refractivity contribution is 0.321. The predicted molar refractivity (Wildman–Crippen MR) is 75.2 cm³/mol. The van der Waals surface area contributed by atoms with E-state index in [0.29, 0.717) is 18.4 Å². The fraction of sp³-hybridized carbons (Fsp3) is 0.600. The van der Waals surface area contributed by atoms with Crippen molar-refractivity contribution in [3.05, 3.63) is 29.6 Å². The summed E-state index contributed by atoms with van der Waals surface area (Å²) < 4.78 is 18.8. The van der Waals surface area contributed by atoms with Crippen molar-refractivity contribution in [1.29, 1.82) is 0 Å². The molecule has 1 aromatic carbocycles. The summed E-state index contributed by atoms with van der Waals surface area (Å²) in [5.74, 6) is 0.0752. The average molecular weight is 266 g/mol. The van der Waals surface area contributed by atoms with Crippen molar-refractivity contribution in [3.63, 3.8) is 0 Å². The second-order valence-electron chi connectivity index (χ2n) is 4.95. The van der Waals surface area contributed by atoms with E-state index >= 15 is 0 Å². The van der Waals surface area contributed by atoms with E-state index in [0.717, 1.165) is 31.6 Å². The Balaban J connectivity index is 1.71. The van der Waals surface area contributed by atoms with Gasteiger partial charge in [-0.25, -0.2) is 4.39 Å². The van der Waals surface area contributed by atoms with E-state index in [1.807, 2.05) is 13.0 Å². The molecule has 19 heavy (non-hydrogen) atoms. The molecule has 0 bridgehead atoms. The molecule has 0 amide bonds. The van der Waals surface area contributed by atoms with Gasteiger partial charge in [0.25, 0.3) is 0 Å². The van der Waals surface area contributed by atoms with E-state index in [2.05, 4.69) is 10.6 Å². The van der Waals surface area contributed by atoms with Gasteiger partial charge in [0.2, 0.25) is 0 Å². The van der Waals surface area contributed by atoms with Crippen LogP contribution in [0, 0.1) is 5.82 Å². The van der Waals surface area contributed by atoms with Gasteiger partial charge in [-0.2, -0.15) is 0 Å². The Morgan fingerprint density at radius 3 is 3.05 bits per heavy atom. The minimum Gasteiger partial charge on any atom is -0.491 e. The number of hydrogen-bond acceptors (Lipinski definition) is 3. The molecule has 0 aliphatic carbocycles. The van der Waals surface area contributed by atoms with E-state index in [-0.39, 0.29) is 5.82 Å². The van der Waals surface area contributed by atoms with Gasteiger partial charge < -0.3 is 15.4 Å². The van der Waals surface area contributed by atoms with Crippen LogP contribution in [0.3, 0.4) is 0 Å². The van der Waals surface area contributed by atoms with Crippen LogP contribution < -0.4 is 15.4 Å². The van der Waals surface area contributed by atoms with E-state index in [9.17, 15) is 4.39 Å². The molecule has 1 unspecified atom stereocenters. The first-order valence-corrected chi connectivity index (χ1v) is 7.15. The van der Waals surface area contributed by atoms with Crippen molar-refractivity contribution >= 4 is 0 Å². The monoisotopic (exact) mass is 266 g/mol. The van der Waals surface area contributed by atoms with Crippen molar-refractivity contribution in [2.75, 3.05) is 26.2 Å². The third-order valence-corrected chi connectivity index (χ3v) is 3.44. The Morgan fingerprint density at radius 1 is 1.47 bits per heavy atom. The molecular weight excluding hydrogens is 243 g/mol. The summed E-state index contributed by atoms with van der Waals surface area (Å²) in [6, 6.07) is 5.83. The van der Waals surface area contributed by atoms with Gasteiger partial charge in [0.05, 0.1) is 6.61 Å². The van der Waals surface area contributed by atoms with Crippen molar-refractivity contribution in [2.45, 2.75) is 32.2 Å². The van der Waals surface area contributed by atoms with E-state index in [1.54, 1.807) is 12.1 Å². The van der Waals surface area contributed by atoms with Crippen LogP contribution in [0.2, 0.25) is 0 Å². The Hall–Kier alpha value is -1.13. The van der Waals surface area contributed by atoms with Gasteiger partial charge in [-0.15, -0.1) is 0 Å². The standard InChI is InChI=1S/C15H23FN2O/c1-2-19-15-6-5-12(10-14(15)16)7-9-17-11-13-4-3-8-18-13/h5-6,10,13,17-18H,2-4,7-9,11H2,1H3. The summed E-state index contributed by atoms with van der Waals surface area (Å²) in [5.41, 5.74) is 1.01. The summed E-state index contributed by atoms with van der Waals surface area (Å²) in [7, 11) is 0. The number of ether oxygens (including phenoxy) is 1. The maximum Gasteiger partial charge on any atom is 0.165 e. The first-order valence-electron chi connectivity index (χ1n) is 7.15. The molecular formula is C15H23FN2O. The van der Waals surface area contributed by atoms with E-state index < -0.39 is 0 Å². The molecule has 1 atom stereocenters. The van der Waals surface area contributed by atoms with Crippen LogP contribution in [-0.4, -0.2) is 32.3 Å². The van der Waals surface area contributed by atoms with Gasteiger partial charge in [0.15, 0.2) is 11.6 Å². The molecule has 1 aliphatic rings. The zero-order valence-electron chi connectivity index (χ0n) is 11.5. The molecule has 1 heterocycles. The lowest BCUT2D eigenvalue weighted by Crippen LogP contribution is -2.34. The normalized spacial score (nSPS) is 18.7. The highest BCUT2D eigenvalue weighted by atomic mass is 19.1.